The summed E-state index contributed by atoms with van der Waals surface area (Å²) < 4.78 is 24.0. The Bertz CT molecular complexity index is 815. The van der Waals surface area contributed by atoms with Crippen LogP contribution in [0.15, 0.2) is 18.2 Å². The van der Waals surface area contributed by atoms with Gasteiger partial charge in [0.1, 0.15) is 11.6 Å². The van der Waals surface area contributed by atoms with Crippen molar-refractivity contribution in [1.29, 1.82) is 0 Å². The monoisotopic (exact) mass is 439 g/mol. The Kier molecular flexibility index (Phi) is 5.92. The van der Waals surface area contributed by atoms with E-state index in [2.05, 4.69) is 16.0 Å². The molecule has 2 unspecified atom stereocenters. The number of nitrogens with one attached hydrogen (secondary N) is 3. The van der Waals surface area contributed by atoms with Gasteiger partial charge in [0.2, 0.25) is 5.91 Å². The molecule has 3 saturated carbocycles. The third kappa shape index (κ3) is 4.40. The van der Waals surface area contributed by atoms with Gasteiger partial charge in [0.25, 0.3) is 5.91 Å². The van der Waals surface area contributed by atoms with Crippen molar-refractivity contribution < 1.29 is 23.5 Å². The van der Waals surface area contributed by atoms with E-state index in [-0.39, 0.29) is 46.2 Å². The molecular weight excluding hydrogens is 413 g/mol. The van der Waals surface area contributed by atoms with E-state index in [0.717, 1.165) is 38.3 Å². The number of carbonyl (C=O) groups excluding carboxylic acids is 2. The minimum absolute atomic E-state index is 0.00578. The van der Waals surface area contributed by atoms with Crippen molar-refractivity contribution >= 4 is 23.4 Å². The fourth-order valence-electron chi connectivity index (χ4n) is 5.06. The zero-order chi connectivity index (χ0) is 21.4. The molecule has 5 rings (SSSR count). The fraction of sp³-hybridized carbons (Fsp3) is 0.619. The predicted octanol–water partition coefficient (Wildman–Crippen LogP) is 1.64. The Hall–Kier alpha value is -1.90. The van der Waals surface area contributed by atoms with Crippen LogP contribution in [0.2, 0.25) is 5.02 Å². The smallest absolute Gasteiger partial charge is 0.258 e. The predicted molar refractivity (Wildman–Crippen MR) is 109 cm³/mol. The first-order valence-corrected chi connectivity index (χ1v) is 10.6. The summed E-state index contributed by atoms with van der Waals surface area (Å²) in [6, 6.07) is 4.05. The second-order valence-electron chi connectivity index (χ2n) is 8.91. The topological polar surface area (TPSA) is 88.7 Å². The molecule has 0 aromatic heterocycles. The van der Waals surface area contributed by atoms with Gasteiger partial charge in [0.05, 0.1) is 17.5 Å². The van der Waals surface area contributed by atoms with Gasteiger partial charge in [-0.3, -0.25) is 9.59 Å². The fourth-order valence-corrected chi connectivity index (χ4v) is 5.17. The van der Waals surface area contributed by atoms with Crippen molar-refractivity contribution in [3.8, 4) is 5.75 Å². The van der Waals surface area contributed by atoms with Crippen LogP contribution in [0.3, 0.4) is 0 Å². The maximum atomic E-state index is 13.4. The number of hydrogen-bond acceptors (Lipinski definition) is 5. The molecule has 9 heteroatoms. The van der Waals surface area contributed by atoms with E-state index in [1.165, 1.54) is 12.1 Å². The molecule has 30 heavy (non-hydrogen) atoms. The zero-order valence-corrected chi connectivity index (χ0v) is 17.7. The van der Waals surface area contributed by atoms with E-state index in [9.17, 15) is 14.0 Å². The van der Waals surface area contributed by atoms with Crippen LogP contribution in [-0.4, -0.2) is 56.3 Å². The van der Waals surface area contributed by atoms with Gasteiger partial charge in [-0.2, -0.15) is 0 Å². The molecule has 7 nitrogen and oxygen atoms in total. The van der Waals surface area contributed by atoms with Crippen molar-refractivity contribution in [2.45, 2.75) is 36.8 Å². The van der Waals surface area contributed by atoms with Gasteiger partial charge in [-0.15, -0.1) is 0 Å². The van der Waals surface area contributed by atoms with Crippen LogP contribution >= 0.6 is 11.6 Å². The lowest BCUT2D eigenvalue weighted by Gasteiger charge is -2.70. The van der Waals surface area contributed by atoms with Crippen LogP contribution in [0.25, 0.3) is 0 Å². The van der Waals surface area contributed by atoms with Crippen LogP contribution in [-0.2, 0) is 14.3 Å². The molecule has 1 aliphatic heterocycles. The van der Waals surface area contributed by atoms with Crippen molar-refractivity contribution in [3.63, 3.8) is 0 Å². The van der Waals surface area contributed by atoms with Crippen molar-refractivity contribution in [2.24, 2.45) is 11.8 Å². The first kappa shape index (κ1) is 21.3. The van der Waals surface area contributed by atoms with E-state index >= 15 is 0 Å². The second-order valence-corrected chi connectivity index (χ2v) is 9.31. The van der Waals surface area contributed by atoms with Gasteiger partial charge in [-0.25, -0.2) is 4.39 Å². The summed E-state index contributed by atoms with van der Waals surface area (Å²) in [4.78, 5) is 24.9. The summed E-state index contributed by atoms with van der Waals surface area (Å²) in [5.41, 5.74) is -0.457. The molecule has 4 fully saturated rings. The SMILES string of the molecule is COCC1CNCC(C(=O)NC23CC(NC(=O)COc4ccc(Cl)c(F)c4)(C2)C3)C1. The number of halogens is 2. The number of methoxy groups -OCH3 is 1. The highest BCUT2D eigenvalue weighted by atomic mass is 35.5. The largest absolute Gasteiger partial charge is 0.484 e. The highest BCUT2D eigenvalue weighted by molar-refractivity contribution is 6.30. The molecule has 0 radical (unpaired) electrons. The van der Waals surface area contributed by atoms with E-state index in [4.69, 9.17) is 21.1 Å². The number of benzene rings is 1. The van der Waals surface area contributed by atoms with Gasteiger partial charge in [-0.1, -0.05) is 11.6 Å². The first-order valence-electron chi connectivity index (χ1n) is 10.2. The highest BCUT2D eigenvalue weighted by Gasteiger charge is 2.69. The van der Waals surface area contributed by atoms with E-state index in [0.29, 0.717) is 19.1 Å². The third-order valence-electron chi connectivity index (χ3n) is 6.30. The van der Waals surface area contributed by atoms with Gasteiger partial charge >= 0.3 is 0 Å². The lowest BCUT2D eigenvalue weighted by Crippen LogP contribution is -2.84. The van der Waals surface area contributed by atoms with Crippen molar-refractivity contribution in [3.05, 3.63) is 29.0 Å². The van der Waals surface area contributed by atoms with Crippen LogP contribution in [0.4, 0.5) is 4.39 Å². The number of amides is 2. The maximum Gasteiger partial charge on any atom is 0.258 e. The van der Waals surface area contributed by atoms with Crippen molar-refractivity contribution in [1.82, 2.24) is 16.0 Å². The quantitative estimate of drug-likeness (QED) is 0.573. The summed E-state index contributed by atoms with van der Waals surface area (Å²) in [5.74, 6) is -0.214. The molecule has 1 aromatic carbocycles. The standard InChI is InChI=1S/C21H27ClFN3O4/c1-29-8-13-4-14(7-24-6-13)19(28)26-21-10-20(11-21,12-21)25-18(27)9-30-15-2-3-16(22)17(23)5-15/h2-3,5,13-14,24H,4,6-12H2,1H3,(H,25,27)(H,26,28). The summed E-state index contributed by atoms with van der Waals surface area (Å²) >= 11 is 5.63. The Morgan fingerprint density at radius 1 is 1.23 bits per heavy atom. The molecular formula is C21H27ClFN3O4. The number of rotatable bonds is 8. The minimum Gasteiger partial charge on any atom is -0.484 e. The van der Waals surface area contributed by atoms with E-state index < -0.39 is 5.82 Å². The summed E-state index contributed by atoms with van der Waals surface area (Å²) in [6.07, 6.45) is 3.02. The molecule has 2 amide bonds. The molecule has 3 aliphatic carbocycles. The zero-order valence-electron chi connectivity index (χ0n) is 16.9. The Morgan fingerprint density at radius 2 is 1.97 bits per heavy atom. The van der Waals surface area contributed by atoms with Crippen LogP contribution < -0.4 is 20.7 Å². The van der Waals surface area contributed by atoms with Gasteiger partial charge in [0, 0.05) is 37.3 Å². The van der Waals surface area contributed by atoms with E-state index in [1.807, 2.05) is 0 Å². The summed E-state index contributed by atoms with van der Waals surface area (Å²) in [6.45, 7) is 2.02. The molecule has 1 aromatic rings. The average molecular weight is 440 g/mol. The normalized spacial score (nSPS) is 31.8. The van der Waals surface area contributed by atoms with Crippen LogP contribution in [0.5, 0.6) is 5.75 Å². The third-order valence-corrected chi connectivity index (χ3v) is 6.61. The molecule has 4 aliphatic rings. The molecule has 1 heterocycles. The Labute approximate surface area is 180 Å². The minimum atomic E-state index is -0.589. The molecule has 2 bridgehead atoms. The van der Waals surface area contributed by atoms with Crippen molar-refractivity contribution in [2.75, 3.05) is 33.4 Å². The summed E-state index contributed by atoms with van der Waals surface area (Å²) in [7, 11) is 1.68. The number of ether oxygens (including phenoxy) is 2. The van der Waals surface area contributed by atoms with Gasteiger partial charge < -0.3 is 25.4 Å². The molecule has 3 N–H and O–H groups in total. The van der Waals surface area contributed by atoms with E-state index in [1.54, 1.807) is 7.11 Å². The molecule has 0 spiro atoms. The molecule has 164 valence electrons. The van der Waals surface area contributed by atoms with Gasteiger partial charge in [0.15, 0.2) is 6.61 Å². The van der Waals surface area contributed by atoms with Gasteiger partial charge in [-0.05, 0) is 43.7 Å². The van der Waals surface area contributed by atoms with Crippen LogP contribution in [0.1, 0.15) is 25.7 Å². The Balaban J connectivity index is 1.19. The highest BCUT2D eigenvalue weighted by Crippen LogP contribution is 2.60. The van der Waals surface area contributed by atoms with Crippen LogP contribution in [0, 0.1) is 17.7 Å². The molecule has 1 saturated heterocycles. The second kappa shape index (κ2) is 8.32. The Morgan fingerprint density at radius 3 is 2.67 bits per heavy atom. The number of carbonyl (C=O) groups is 2. The number of piperidine rings is 1. The maximum absolute atomic E-state index is 13.4. The average Bonchev–Trinajstić information content (AvgIpc) is 2.66. The first-order chi connectivity index (χ1) is 14.3. The lowest BCUT2D eigenvalue weighted by atomic mass is 9.44. The lowest BCUT2D eigenvalue weighted by molar-refractivity contribution is -0.153. The number of hydrogen-bond donors (Lipinski definition) is 3. The summed E-state index contributed by atoms with van der Waals surface area (Å²) in [5, 5.41) is 9.51. The molecule has 2 atom stereocenters.